The fourth-order valence-corrected chi connectivity index (χ4v) is 9.81. The number of amides is 9. The van der Waals surface area contributed by atoms with Gasteiger partial charge >= 0.3 is 0 Å². The van der Waals surface area contributed by atoms with Crippen LogP contribution in [0.4, 0.5) is 11.4 Å². The van der Waals surface area contributed by atoms with E-state index >= 15 is 0 Å². The number of non-ortho nitro benzene ring substituents is 1. The summed E-state index contributed by atoms with van der Waals surface area (Å²) in [6.07, 6.45) is 3.67. The van der Waals surface area contributed by atoms with Crippen molar-refractivity contribution in [2.75, 3.05) is 37.7 Å². The first-order valence-electron chi connectivity index (χ1n) is 30.2. The number of rotatable bonds is 41. The molecule has 2 aromatic carbocycles. The van der Waals surface area contributed by atoms with Crippen molar-refractivity contribution in [2.45, 2.75) is 133 Å². The lowest BCUT2D eigenvalue weighted by Gasteiger charge is -2.28. The molecule has 0 saturated carbocycles. The lowest BCUT2D eigenvalue weighted by atomic mass is 10.0. The lowest BCUT2D eigenvalue weighted by molar-refractivity contribution is -0.384. The van der Waals surface area contributed by atoms with Gasteiger partial charge in [-0.3, -0.25) is 73.2 Å². The van der Waals surface area contributed by atoms with Crippen molar-refractivity contribution in [3.05, 3.63) is 88.1 Å². The Morgan fingerprint density at radius 3 is 1.40 bits per heavy atom. The van der Waals surface area contributed by atoms with Crippen LogP contribution in [-0.4, -0.2) is 177 Å². The first-order valence-corrected chi connectivity index (χ1v) is 30.8. The van der Waals surface area contributed by atoms with Gasteiger partial charge in [-0.1, -0.05) is 26.0 Å². The molecule has 2 heterocycles. The number of para-hydroxylation sites is 1. The van der Waals surface area contributed by atoms with Gasteiger partial charge in [0, 0.05) is 91.6 Å². The summed E-state index contributed by atoms with van der Waals surface area (Å²) < 4.78 is 0. The van der Waals surface area contributed by atoms with Gasteiger partial charge in [-0.15, -0.1) is 0 Å². The number of imidazole rings is 1. The monoisotopic (exact) mass is 1340 g/mol. The standard InChI is InChI=1S/C57H88N26O11S/c1-29(2)21-42(51(90)82-44(27-95)53(92)79-41(45(59)84)22-30-25-73-36-16-15-32(83(93)94)24-34(30)36)80-52(91)43(23-31-26-68-28-74-31)81-50(89)40(14-8-20-72-57(66)67)78-49(88)39(13-7-19-71-56(64)65)77-48(87)38(12-6-18-70-55(62)63)76-47(86)37(11-5-17-69-54(60)61)75-46(85)33-9-3-4-10-35(33)58/h3-4,9-10,15-16,24-26,28-29,37-44,73,95H,5-8,11-14,17-23,27,58H2,1-2H3,(H2,59,84)(H,68,74)(H,75,85)(H,76,86)(H,77,87)(H,78,88)(H,79,92)(H,80,91)(H,81,89)(H,82,90)(H4,60,61,69)(H4,62,63,70)(H4,64,65,71)(H4,66,67,72)/t37-,38-,39-,40-,41-,42-,43-,44-/m0/s1. The van der Waals surface area contributed by atoms with Crippen molar-refractivity contribution in [3.63, 3.8) is 0 Å². The molecule has 0 bridgehead atoms. The number of nitrogens with zero attached hydrogens (tertiary/aromatic N) is 6. The van der Waals surface area contributed by atoms with E-state index in [0.29, 0.717) is 22.2 Å². The number of nitrogens with two attached hydrogens (primary N) is 10. The highest BCUT2D eigenvalue weighted by Crippen LogP contribution is 2.25. The van der Waals surface area contributed by atoms with E-state index in [1.165, 1.54) is 49.1 Å². The number of aliphatic imine (C=N–C) groups is 4. The molecule has 95 heavy (non-hydrogen) atoms. The van der Waals surface area contributed by atoms with Gasteiger partial charge in [-0.25, -0.2) is 4.98 Å². The van der Waals surface area contributed by atoms with Gasteiger partial charge < -0.3 is 110 Å². The Kier molecular flexibility index (Phi) is 31.2. The molecule has 0 saturated heterocycles. The average Bonchev–Trinajstić information content (AvgIpc) is 1.81. The summed E-state index contributed by atoms with van der Waals surface area (Å²) in [6.45, 7) is 3.52. The van der Waals surface area contributed by atoms with Crippen LogP contribution in [0, 0.1) is 16.0 Å². The summed E-state index contributed by atoms with van der Waals surface area (Å²) >= 11 is 4.29. The Morgan fingerprint density at radius 1 is 0.547 bits per heavy atom. The Hall–Kier alpha value is -11.0. The molecule has 4 aromatic rings. The van der Waals surface area contributed by atoms with Crippen LogP contribution < -0.4 is 99.9 Å². The van der Waals surface area contributed by atoms with Crippen molar-refractivity contribution in [1.29, 1.82) is 0 Å². The highest BCUT2D eigenvalue weighted by Gasteiger charge is 2.36. The summed E-state index contributed by atoms with van der Waals surface area (Å²) in [5, 5.41) is 33.1. The number of nitro groups is 1. The number of H-pyrrole nitrogens is 2. The molecule has 0 aliphatic rings. The minimum absolute atomic E-state index is 0.00201. The number of aromatic nitrogens is 3. The van der Waals surface area contributed by atoms with E-state index in [0.717, 1.165) is 0 Å². The molecule has 0 spiro atoms. The lowest BCUT2D eigenvalue weighted by Crippen LogP contribution is -2.61. The highest BCUT2D eigenvalue weighted by atomic mass is 32.1. The molecule has 0 aliphatic heterocycles. The number of hydrogen-bond donors (Lipinski definition) is 21. The number of hydrogen-bond acceptors (Lipinski definition) is 18. The molecule has 518 valence electrons. The molecule has 2 aromatic heterocycles. The number of primary amides is 1. The SMILES string of the molecule is CC(C)C[C@H](NC(=O)[C@H](Cc1cnc[nH]1)NC(=O)[C@H](CCCN=C(N)N)NC(=O)[C@H](CCCN=C(N)N)NC(=O)[C@H](CCCN=C(N)N)NC(=O)[C@H](CCCN=C(N)N)NC(=O)c1ccccc1N)C(=O)N[C@@H](CS)C(=O)N[C@@H](Cc1c[nH]c2ccc([N+](=O)[O-])cc12)C(N)=O. The van der Waals surface area contributed by atoms with Crippen molar-refractivity contribution < 1.29 is 48.1 Å². The van der Waals surface area contributed by atoms with Crippen LogP contribution in [0.25, 0.3) is 10.9 Å². The number of anilines is 1. The highest BCUT2D eigenvalue weighted by molar-refractivity contribution is 7.80. The van der Waals surface area contributed by atoms with Crippen LogP contribution in [0.2, 0.25) is 0 Å². The Balaban J connectivity index is 1.64. The zero-order chi connectivity index (χ0) is 70.3. The molecule has 38 heteroatoms. The molecular weight excluding hydrogens is 1260 g/mol. The molecule has 30 N–H and O–H groups in total. The van der Waals surface area contributed by atoms with Gasteiger partial charge in [0.2, 0.25) is 47.3 Å². The zero-order valence-electron chi connectivity index (χ0n) is 52.7. The Bertz CT molecular complexity index is 3400. The van der Waals surface area contributed by atoms with Crippen molar-refractivity contribution in [1.82, 2.24) is 57.5 Å². The van der Waals surface area contributed by atoms with Gasteiger partial charge in [0.1, 0.15) is 48.3 Å². The first-order chi connectivity index (χ1) is 45.1. The van der Waals surface area contributed by atoms with Gasteiger partial charge in [-0.05, 0) is 87.5 Å². The number of benzene rings is 2. The molecule has 0 aliphatic carbocycles. The number of guanidine groups is 4. The van der Waals surface area contributed by atoms with Crippen LogP contribution in [0.1, 0.15) is 93.3 Å². The summed E-state index contributed by atoms with van der Waals surface area (Å²) in [5.41, 5.74) is 57.6. The third-order valence-corrected chi connectivity index (χ3v) is 14.7. The van der Waals surface area contributed by atoms with Crippen molar-refractivity contribution in [2.24, 2.45) is 77.5 Å². The predicted octanol–water partition coefficient (Wildman–Crippen LogP) is -4.97. The van der Waals surface area contributed by atoms with Crippen molar-refractivity contribution >= 4 is 112 Å². The second kappa shape index (κ2) is 38.8. The summed E-state index contributed by atoms with van der Waals surface area (Å²) in [6, 6.07) is -1.17. The molecule has 4 rings (SSSR count). The van der Waals surface area contributed by atoms with Crippen LogP contribution in [0.15, 0.2) is 81.2 Å². The third-order valence-electron chi connectivity index (χ3n) is 14.3. The van der Waals surface area contributed by atoms with Crippen LogP contribution >= 0.6 is 12.6 Å². The van der Waals surface area contributed by atoms with E-state index in [-0.39, 0.29) is 149 Å². The molecular formula is C57H88N26O11S. The fourth-order valence-electron chi connectivity index (χ4n) is 9.55. The number of carbonyl (C=O) groups excluding carboxylic acids is 9. The third kappa shape index (κ3) is 26.7. The van der Waals surface area contributed by atoms with Gasteiger partial charge in [0.25, 0.3) is 11.6 Å². The summed E-state index contributed by atoms with van der Waals surface area (Å²) in [4.78, 5) is 164. The van der Waals surface area contributed by atoms with Crippen molar-refractivity contribution in [3.8, 4) is 0 Å². The molecule has 0 unspecified atom stereocenters. The maximum absolute atomic E-state index is 14.8. The number of nitrogen functional groups attached to an aromatic ring is 1. The minimum atomic E-state index is -1.52. The number of nitro benzene ring substituents is 1. The zero-order valence-corrected chi connectivity index (χ0v) is 53.6. The van der Waals surface area contributed by atoms with E-state index < -0.39 is 106 Å². The molecule has 0 radical (unpaired) electrons. The largest absolute Gasteiger partial charge is 0.398 e. The number of carbonyl (C=O) groups is 9. The minimum Gasteiger partial charge on any atom is -0.398 e. The van der Waals surface area contributed by atoms with E-state index in [2.05, 4.69) is 90.1 Å². The van der Waals surface area contributed by atoms with E-state index in [1.807, 2.05) is 0 Å². The number of fused-ring (bicyclic) bond motifs is 1. The van der Waals surface area contributed by atoms with Gasteiger partial charge in [0.05, 0.1) is 16.8 Å². The molecule has 0 fully saturated rings. The smallest absolute Gasteiger partial charge is 0.270 e. The van der Waals surface area contributed by atoms with E-state index in [4.69, 9.17) is 57.3 Å². The fraction of sp³-hybridized carbons (Fsp3) is 0.474. The quantitative estimate of drug-likeness (QED) is 0.00376. The average molecular weight is 1350 g/mol. The summed E-state index contributed by atoms with van der Waals surface area (Å²) in [5.74, 6) is -9.49. The summed E-state index contributed by atoms with van der Waals surface area (Å²) in [7, 11) is 0. The van der Waals surface area contributed by atoms with E-state index in [9.17, 15) is 53.3 Å². The second-order valence-corrected chi connectivity index (χ2v) is 22.7. The van der Waals surface area contributed by atoms with Gasteiger partial charge in [-0.2, -0.15) is 12.6 Å². The maximum Gasteiger partial charge on any atom is 0.270 e. The van der Waals surface area contributed by atoms with Crippen LogP contribution in [-0.2, 0) is 51.2 Å². The molecule has 37 nitrogen and oxygen atoms in total. The normalized spacial score (nSPS) is 13.5. The molecule has 8 atom stereocenters. The number of nitrogens with one attached hydrogen (secondary N) is 10. The number of thiol groups is 1. The second-order valence-electron chi connectivity index (χ2n) is 22.3. The number of aromatic amines is 2. The van der Waals surface area contributed by atoms with Crippen LogP contribution in [0.5, 0.6) is 0 Å². The van der Waals surface area contributed by atoms with Crippen LogP contribution in [0.3, 0.4) is 0 Å². The first kappa shape index (κ1) is 76.5. The maximum atomic E-state index is 14.8. The topological polar surface area (TPSA) is 647 Å². The van der Waals surface area contributed by atoms with E-state index in [1.54, 1.807) is 26.0 Å². The van der Waals surface area contributed by atoms with Gasteiger partial charge in [0.15, 0.2) is 23.8 Å². The predicted molar refractivity (Wildman–Crippen MR) is 359 cm³/mol. The molecule has 9 amide bonds. The Labute approximate surface area is 551 Å². The Morgan fingerprint density at radius 2 is 0.968 bits per heavy atom.